The lowest BCUT2D eigenvalue weighted by molar-refractivity contribution is 0.589. The summed E-state index contributed by atoms with van der Waals surface area (Å²) >= 11 is 0. The van der Waals surface area contributed by atoms with Crippen LogP contribution in [0.4, 0.5) is 0 Å². The van der Waals surface area contributed by atoms with Gasteiger partial charge >= 0.3 is 0 Å². The summed E-state index contributed by atoms with van der Waals surface area (Å²) < 4.78 is 23.0. The zero-order chi connectivity index (χ0) is 11.9. The van der Waals surface area contributed by atoms with Crippen molar-refractivity contribution in [2.24, 2.45) is 0 Å². The minimum atomic E-state index is -3.30. The molecule has 1 heterocycles. The lowest BCUT2D eigenvalue weighted by Crippen LogP contribution is -2.11. The number of hydrogen-bond acceptors (Lipinski definition) is 4. The van der Waals surface area contributed by atoms with Crippen LogP contribution < -0.4 is 0 Å². The molecule has 0 atom stereocenters. The van der Waals surface area contributed by atoms with E-state index in [1.807, 2.05) is 13.8 Å². The quantitative estimate of drug-likeness (QED) is 0.735. The monoisotopic (exact) mass is 240 g/mol. The smallest absolute Gasteiger partial charge is 0.223 e. The molecule has 0 unspecified atom stereocenters. The van der Waals surface area contributed by atoms with Crippen molar-refractivity contribution in [3.05, 3.63) is 17.0 Å². The fraction of sp³-hybridized carbons (Fsp3) is 0.636. The van der Waals surface area contributed by atoms with Crippen LogP contribution in [0.3, 0.4) is 0 Å². The second-order valence-electron chi connectivity index (χ2n) is 4.60. The summed E-state index contributed by atoms with van der Waals surface area (Å²) in [6.07, 6.45) is 4.07. The molecular formula is C11H16N2O2S. The normalized spacial score (nSPS) is 15.5. The molecular weight excluding hydrogens is 224 g/mol. The van der Waals surface area contributed by atoms with E-state index in [0.29, 0.717) is 0 Å². The van der Waals surface area contributed by atoms with Crippen LogP contribution in [0.15, 0.2) is 5.16 Å². The number of aromatic nitrogens is 2. The highest BCUT2D eigenvalue weighted by molar-refractivity contribution is 7.90. The summed E-state index contributed by atoms with van der Waals surface area (Å²) in [5.74, 6) is 0.246. The minimum absolute atomic E-state index is 0.0168. The van der Waals surface area contributed by atoms with E-state index >= 15 is 0 Å². The Hall–Kier alpha value is -0.970. The summed E-state index contributed by atoms with van der Waals surface area (Å²) in [5.41, 5.74) is 3.00. The van der Waals surface area contributed by atoms with E-state index in [2.05, 4.69) is 9.97 Å². The predicted molar refractivity (Wildman–Crippen MR) is 61.3 cm³/mol. The molecule has 0 N–H and O–H groups in total. The van der Waals surface area contributed by atoms with Crippen LogP contribution in [0.2, 0.25) is 0 Å². The Morgan fingerprint density at radius 1 is 1.19 bits per heavy atom. The largest absolute Gasteiger partial charge is 0.247 e. The first kappa shape index (κ1) is 11.5. The van der Waals surface area contributed by atoms with E-state index in [9.17, 15) is 8.42 Å². The van der Waals surface area contributed by atoms with E-state index in [0.717, 1.165) is 36.9 Å². The molecule has 1 aromatic rings. The van der Waals surface area contributed by atoms with Gasteiger partial charge in [0.25, 0.3) is 0 Å². The Balaban J connectivity index is 2.66. The van der Waals surface area contributed by atoms with Crippen molar-refractivity contribution in [3.8, 4) is 0 Å². The summed E-state index contributed by atoms with van der Waals surface area (Å²) in [6.45, 7) is 4.07. The van der Waals surface area contributed by atoms with Gasteiger partial charge in [-0.3, -0.25) is 0 Å². The topological polar surface area (TPSA) is 59.9 Å². The molecule has 88 valence electrons. The molecule has 16 heavy (non-hydrogen) atoms. The highest BCUT2D eigenvalue weighted by Crippen LogP contribution is 2.28. The first-order valence-corrected chi connectivity index (χ1v) is 7.38. The molecule has 0 aliphatic heterocycles. The molecule has 1 aliphatic carbocycles. The maximum atomic E-state index is 11.5. The fourth-order valence-electron chi connectivity index (χ4n) is 2.08. The van der Waals surface area contributed by atoms with Crippen molar-refractivity contribution in [1.82, 2.24) is 9.97 Å². The van der Waals surface area contributed by atoms with Gasteiger partial charge in [0.05, 0.1) is 5.69 Å². The van der Waals surface area contributed by atoms with Crippen molar-refractivity contribution < 1.29 is 8.42 Å². The third-order valence-electron chi connectivity index (χ3n) is 2.82. The lowest BCUT2D eigenvalue weighted by Gasteiger charge is -2.11. The molecule has 0 saturated heterocycles. The number of fused-ring (bicyclic) bond motifs is 1. The first-order chi connectivity index (χ1) is 7.39. The molecule has 0 spiro atoms. The van der Waals surface area contributed by atoms with Crippen LogP contribution in [0, 0.1) is 0 Å². The molecule has 0 fully saturated rings. The Bertz CT molecular complexity index is 521. The van der Waals surface area contributed by atoms with Gasteiger partial charge in [0.15, 0.2) is 0 Å². The van der Waals surface area contributed by atoms with Gasteiger partial charge in [0.1, 0.15) is 0 Å². The first-order valence-electron chi connectivity index (χ1n) is 5.49. The summed E-state index contributed by atoms with van der Waals surface area (Å²) in [4.78, 5) is 8.38. The molecule has 0 radical (unpaired) electrons. The van der Waals surface area contributed by atoms with E-state index in [1.165, 1.54) is 5.56 Å². The van der Waals surface area contributed by atoms with E-state index in [1.54, 1.807) is 0 Å². The van der Waals surface area contributed by atoms with Crippen molar-refractivity contribution in [2.45, 2.75) is 44.2 Å². The van der Waals surface area contributed by atoms with Crippen LogP contribution in [-0.4, -0.2) is 24.6 Å². The molecule has 1 aromatic heterocycles. The maximum absolute atomic E-state index is 11.5. The molecule has 1 aliphatic rings. The van der Waals surface area contributed by atoms with Gasteiger partial charge in [0, 0.05) is 11.9 Å². The standard InChI is InChI=1S/C11H16N2O2S/c1-7(2)10-8-5-4-6-9(8)12-11(13-10)16(3,14)15/h7H,4-6H2,1-3H3. The second-order valence-corrected chi connectivity index (χ2v) is 6.51. The molecule has 4 nitrogen and oxygen atoms in total. The second kappa shape index (κ2) is 3.80. The third kappa shape index (κ3) is 1.96. The number of hydrogen-bond donors (Lipinski definition) is 0. The SMILES string of the molecule is CC(C)c1nc(S(C)(=O)=O)nc2c1CCC2. The summed E-state index contributed by atoms with van der Waals surface area (Å²) in [7, 11) is -3.30. The summed E-state index contributed by atoms with van der Waals surface area (Å²) in [6, 6.07) is 0. The van der Waals surface area contributed by atoms with Crippen LogP contribution in [0.5, 0.6) is 0 Å². The predicted octanol–water partition coefficient (Wildman–Crippen LogP) is 1.49. The highest BCUT2D eigenvalue weighted by atomic mass is 32.2. The number of rotatable bonds is 2. The Labute approximate surface area is 96.0 Å². The van der Waals surface area contributed by atoms with Crippen molar-refractivity contribution in [3.63, 3.8) is 0 Å². The number of nitrogens with zero attached hydrogens (tertiary/aromatic N) is 2. The Kier molecular flexibility index (Phi) is 2.74. The van der Waals surface area contributed by atoms with E-state index in [4.69, 9.17) is 0 Å². The van der Waals surface area contributed by atoms with Gasteiger partial charge in [0.2, 0.25) is 15.0 Å². The van der Waals surface area contributed by atoms with Gasteiger partial charge < -0.3 is 0 Å². The van der Waals surface area contributed by atoms with Crippen LogP contribution in [0.1, 0.15) is 43.1 Å². The lowest BCUT2D eigenvalue weighted by atomic mass is 10.0. The Morgan fingerprint density at radius 3 is 2.44 bits per heavy atom. The fourth-order valence-corrected chi connectivity index (χ4v) is 2.62. The third-order valence-corrected chi connectivity index (χ3v) is 3.67. The van der Waals surface area contributed by atoms with Gasteiger partial charge in [-0.25, -0.2) is 18.4 Å². The van der Waals surface area contributed by atoms with Crippen LogP contribution in [-0.2, 0) is 22.7 Å². The number of sulfone groups is 1. The number of aryl methyl sites for hydroxylation is 1. The zero-order valence-corrected chi connectivity index (χ0v) is 10.6. The van der Waals surface area contributed by atoms with Gasteiger partial charge in [-0.1, -0.05) is 13.8 Å². The average Bonchev–Trinajstić information content (AvgIpc) is 2.61. The maximum Gasteiger partial charge on any atom is 0.247 e. The Morgan fingerprint density at radius 2 is 1.88 bits per heavy atom. The van der Waals surface area contributed by atoms with Crippen molar-refractivity contribution in [2.75, 3.05) is 6.26 Å². The molecule has 0 bridgehead atoms. The van der Waals surface area contributed by atoms with E-state index in [-0.39, 0.29) is 11.1 Å². The minimum Gasteiger partial charge on any atom is -0.223 e. The van der Waals surface area contributed by atoms with Gasteiger partial charge in [-0.05, 0) is 30.7 Å². The zero-order valence-electron chi connectivity index (χ0n) is 9.82. The average molecular weight is 240 g/mol. The molecule has 2 rings (SSSR count). The highest BCUT2D eigenvalue weighted by Gasteiger charge is 2.23. The van der Waals surface area contributed by atoms with Crippen molar-refractivity contribution >= 4 is 9.84 Å². The molecule has 0 aromatic carbocycles. The molecule has 0 saturated carbocycles. The molecule has 0 amide bonds. The van der Waals surface area contributed by atoms with Gasteiger partial charge in [-0.2, -0.15) is 0 Å². The molecule has 5 heteroatoms. The van der Waals surface area contributed by atoms with Crippen molar-refractivity contribution in [1.29, 1.82) is 0 Å². The van der Waals surface area contributed by atoms with Crippen LogP contribution in [0.25, 0.3) is 0 Å². The van der Waals surface area contributed by atoms with E-state index < -0.39 is 9.84 Å². The summed E-state index contributed by atoms with van der Waals surface area (Å²) in [5, 5.41) is -0.0168. The van der Waals surface area contributed by atoms with Gasteiger partial charge in [-0.15, -0.1) is 0 Å². The van der Waals surface area contributed by atoms with Crippen LogP contribution >= 0.6 is 0 Å².